The zero-order chi connectivity index (χ0) is 63.7. The lowest BCUT2D eigenvalue weighted by Crippen LogP contribution is -2.34. The van der Waals surface area contributed by atoms with E-state index in [9.17, 15) is 59.7 Å². The highest BCUT2D eigenvalue weighted by atomic mass is 127. The second-order valence-electron chi connectivity index (χ2n) is 18.3. The molecule has 3 heterocycles. The topological polar surface area (TPSA) is 418 Å². The van der Waals surface area contributed by atoms with Crippen molar-refractivity contribution >= 4 is 113 Å². The van der Waals surface area contributed by atoms with E-state index in [0.29, 0.717) is 65.3 Å². The van der Waals surface area contributed by atoms with E-state index in [0.717, 1.165) is 29.3 Å². The fourth-order valence-electron chi connectivity index (χ4n) is 6.90. The van der Waals surface area contributed by atoms with Crippen LogP contribution >= 0.6 is 22.6 Å². The fraction of sp³-hybridized carbons (Fsp3) is 0.769. The molecule has 0 aromatic rings. The first kappa shape index (κ1) is 87.9. The van der Waals surface area contributed by atoms with Gasteiger partial charge in [-0.2, -0.15) is 18.6 Å². The van der Waals surface area contributed by atoms with Gasteiger partial charge in [-0.15, -0.1) is 0 Å². The maximum Gasteiger partial charge on any atom is 0.305 e. The van der Waals surface area contributed by atoms with E-state index in [-0.39, 0.29) is 108 Å². The first-order chi connectivity index (χ1) is 37.0. The third-order valence-electron chi connectivity index (χ3n) is 12.6. The summed E-state index contributed by atoms with van der Waals surface area (Å²) in [7, 11) is -7.25. The molecule has 81 heavy (non-hydrogen) atoms. The van der Waals surface area contributed by atoms with E-state index in [1.165, 1.54) is 27.7 Å². The molecule has 1 saturated heterocycles. The Labute approximate surface area is 495 Å². The summed E-state index contributed by atoms with van der Waals surface area (Å²) in [4.78, 5) is 91.4. The molecule has 0 aliphatic carbocycles. The molecule has 0 aromatic carbocycles. The predicted molar refractivity (Wildman–Crippen MR) is 317 cm³/mol. The van der Waals surface area contributed by atoms with Crippen molar-refractivity contribution in [2.45, 2.75) is 175 Å². The van der Waals surface area contributed by atoms with Crippen molar-refractivity contribution in [2.75, 3.05) is 62.6 Å². The zero-order valence-corrected chi connectivity index (χ0v) is 54.7. The number of alkyl halides is 1. The third-order valence-corrected chi connectivity index (χ3v) is 14.8. The molecule has 1 fully saturated rings. The molecule has 3 aliphatic rings. The predicted octanol–water partition coefficient (Wildman–Crippen LogP) is 4.74. The van der Waals surface area contributed by atoms with Crippen molar-refractivity contribution in [3.8, 4) is 0 Å². The molecule has 1 unspecified atom stereocenters. The molecule has 474 valence electrons. The summed E-state index contributed by atoms with van der Waals surface area (Å²) in [6.07, 6.45) is 3.61. The molecule has 7 N–H and O–H groups in total. The van der Waals surface area contributed by atoms with E-state index in [1.54, 1.807) is 39.3 Å². The normalized spacial score (nSPS) is 15.9. The maximum atomic E-state index is 11.5. The minimum atomic E-state index is -4.20. The molecule has 3 rings (SSSR count). The zero-order valence-electron chi connectivity index (χ0n) is 50.9. The minimum absolute atomic E-state index is 0. The van der Waals surface area contributed by atoms with E-state index in [2.05, 4.69) is 60.7 Å². The number of halogens is 1. The number of ether oxygens (including phenoxy) is 4. The van der Waals surface area contributed by atoms with E-state index >= 15 is 0 Å². The van der Waals surface area contributed by atoms with Gasteiger partial charge in [-0.05, 0) is 146 Å². The van der Waals surface area contributed by atoms with Crippen molar-refractivity contribution in [2.24, 2.45) is 49.2 Å². The molecule has 0 amide bonds. The summed E-state index contributed by atoms with van der Waals surface area (Å²) in [6.45, 7) is 29.9. The summed E-state index contributed by atoms with van der Waals surface area (Å²) in [5, 5.41) is 20.1. The van der Waals surface area contributed by atoms with Crippen LogP contribution in [0.4, 0.5) is 0 Å². The van der Waals surface area contributed by atoms with Crippen LogP contribution < -0.4 is 11.7 Å². The smallest absolute Gasteiger partial charge is 0.305 e. The second kappa shape index (κ2) is 47.0. The molecular weight excluding hydrogens is 1220 g/mol. The number of ketones is 4. The second-order valence-corrected chi connectivity index (χ2v) is 21.6. The Morgan fingerprint density at radius 3 is 1.41 bits per heavy atom. The number of hydrazone groups is 1. The highest BCUT2D eigenvalue weighted by Crippen LogP contribution is 2.33. The number of hydrogen-bond acceptors (Lipinski definition) is 24. The van der Waals surface area contributed by atoms with Gasteiger partial charge in [0, 0.05) is 68.2 Å². The fourth-order valence-corrected chi connectivity index (χ4v) is 8.35. The summed E-state index contributed by atoms with van der Waals surface area (Å²) >= 11 is 2.15. The van der Waals surface area contributed by atoms with Crippen molar-refractivity contribution in [1.29, 1.82) is 0 Å². The molecule has 29 heteroatoms. The molecule has 0 spiro atoms. The van der Waals surface area contributed by atoms with Crippen LogP contribution in [0.5, 0.6) is 0 Å². The van der Waals surface area contributed by atoms with Crippen LogP contribution in [0.15, 0.2) is 15.3 Å². The summed E-state index contributed by atoms with van der Waals surface area (Å²) in [6, 6.07) is 0. The van der Waals surface area contributed by atoms with Gasteiger partial charge in [0.15, 0.2) is 12.3 Å². The molecular formula is C52H97IN6O20S2. The number of aliphatic hydroxyl groups is 1. The summed E-state index contributed by atoms with van der Waals surface area (Å²) in [5.74, 6) is 5.23. The Morgan fingerprint density at radius 1 is 0.728 bits per heavy atom. The Morgan fingerprint density at radius 2 is 1.10 bits per heavy atom. The molecule has 3 aliphatic heterocycles. The summed E-state index contributed by atoms with van der Waals surface area (Å²) in [5.41, 5.74) is 2.23. The number of rotatable bonds is 24. The van der Waals surface area contributed by atoms with Gasteiger partial charge >= 0.3 is 23.9 Å². The van der Waals surface area contributed by atoms with Gasteiger partial charge in [-0.25, -0.2) is 8.42 Å². The van der Waals surface area contributed by atoms with Crippen molar-refractivity contribution in [3.63, 3.8) is 0 Å². The minimum Gasteiger partial charge on any atom is -0.748 e. The lowest BCUT2D eigenvalue weighted by Gasteiger charge is -2.23. The van der Waals surface area contributed by atoms with Gasteiger partial charge < -0.3 is 34.1 Å². The Hall–Kier alpha value is -4.37. The van der Waals surface area contributed by atoms with Gasteiger partial charge in [0.05, 0.1) is 71.4 Å². The number of esters is 4. The molecule has 0 bridgehead atoms. The highest BCUT2D eigenvalue weighted by Gasteiger charge is 2.44. The molecule has 0 radical (unpaired) electrons. The van der Waals surface area contributed by atoms with Gasteiger partial charge in [0.25, 0.3) is 10.1 Å². The lowest BCUT2D eigenvalue weighted by molar-refractivity contribution is -0.531. The maximum absolute atomic E-state index is 11.5. The first-order valence-electron chi connectivity index (χ1n) is 26.1. The SMILES string of the molecule is CCO.CCOC(=O)CCC(C(C)=O)C(C)=O.CCOC(=O)CCC(C)(C(C)=O)C(C)=O.CCOC(=O)CCC1(C)C(C)=NN=C1C.CCOC(=O)CCC1(C)C(C)=N[N+](CCCS(=O)(=O)[O-])=C1C.CI.NN.O.O=S1(=O)CCCO1. The van der Waals surface area contributed by atoms with Crippen LogP contribution in [-0.2, 0) is 81.7 Å². The number of carbonyl (C=O) groups excluding carboxylic acids is 8. The molecule has 0 saturated carbocycles. The van der Waals surface area contributed by atoms with Gasteiger partial charge in [-0.1, -0.05) is 27.3 Å². The molecule has 26 nitrogen and oxygen atoms in total. The van der Waals surface area contributed by atoms with Crippen LogP contribution in [0.1, 0.15) is 175 Å². The molecule has 0 aromatic heterocycles. The number of nitrogens with two attached hydrogens (primary N) is 2. The van der Waals surface area contributed by atoms with Gasteiger partial charge in [0.2, 0.25) is 0 Å². The largest absolute Gasteiger partial charge is 0.748 e. The Kier molecular flexibility index (Phi) is 51.0. The van der Waals surface area contributed by atoms with E-state index in [1.807, 2.05) is 46.5 Å². The number of hydrogen-bond donors (Lipinski definition) is 3. The van der Waals surface area contributed by atoms with Crippen LogP contribution in [0.25, 0.3) is 0 Å². The monoisotopic (exact) mass is 1320 g/mol. The highest BCUT2D eigenvalue weighted by molar-refractivity contribution is 14.1. The van der Waals surface area contributed by atoms with Crippen LogP contribution in [0.2, 0.25) is 0 Å². The quantitative estimate of drug-likeness (QED) is 0.0112. The van der Waals surface area contributed by atoms with Crippen LogP contribution in [-0.4, -0.2) is 169 Å². The summed E-state index contributed by atoms with van der Waals surface area (Å²) < 4.78 is 77.7. The Balaban J connectivity index is -0.000000216. The lowest BCUT2D eigenvalue weighted by atomic mass is 9.78. The Bertz CT molecular complexity index is 2230. The first-order valence-corrected chi connectivity index (χ1v) is 31.4. The van der Waals surface area contributed by atoms with Crippen LogP contribution in [0.3, 0.4) is 0 Å². The van der Waals surface area contributed by atoms with E-state index < -0.39 is 37.3 Å². The van der Waals surface area contributed by atoms with Crippen molar-refractivity contribution < 1.29 is 98.1 Å². The number of Topliss-reactive ketones (excluding diaryl/α,β-unsaturated/α-hetero) is 4. The van der Waals surface area contributed by atoms with E-state index in [4.69, 9.17) is 24.1 Å². The molecule has 1 atom stereocenters. The van der Waals surface area contributed by atoms with Gasteiger partial charge in [0.1, 0.15) is 23.1 Å². The van der Waals surface area contributed by atoms with Gasteiger partial charge in [-0.3, -0.25) is 54.2 Å². The number of aliphatic hydroxyl groups excluding tert-OH is 1. The number of hydrazine groups is 1. The number of nitrogens with zero attached hydrogens (tertiary/aromatic N) is 4. The van der Waals surface area contributed by atoms with Crippen LogP contribution in [0, 0.1) is 22.2 Å². The standard InChI is InChI=1S/C14H24N2O5S.C11H18N2O2.C11H18O4.C10H16O4.C3H6O3S.C2H6O.CH3I.H4N2.H2O/c1-5-21-13(17)7-8-14(4)11(2)15-16(12(14)3)9-6-10-22(18,19)20;1-5-15-10(14)6-7-11(4)8(2)12-13-9(11)3;1-5-15-10(14)6-7-11(4,8(2)12)9(3)13;1-4-14-10(13)6-5-9(7(2)11)8(3)12;4-7(5)3-1-2-6-7;1-2-3;2*1-2;/h5-10H2,1-4H3;2*5-7H2,1-4H3;9H,4-6H2,1-3H3;1-3H2;3H,2H2,1H3;1H3;1-2H2;1H2. The number of carbonyl (C=O) groups is 8. The average molecular weight is 1320 g/mol. The third kappa shape index (κ3) is 38.2. The van der Waals surface area contributed by atoms with Crippen molar-refractivity contribution in [1.82, 2.24) is 0 Å². The van der Waals surface area contributed by atoms with Crippen molar-refractivity contribution in [3.05, 3.63) is 0 Å². The average Bonchev–Trinajstić information content (AvgIpc) is 3.97.